The van der Waals surface area contributed by atoms with E-state index < -0.39 is 0 Å². The summed E-state index contributed by atoms with van der Waals surface area (Å²) in [6.45, 7) is 1.43. The molecule has 0 N–H and O–H groups in total. The quantitative estimate of drug-likeness (QED) is 0.397. The SMILES string of the molecule is CC#N.[Ti]. The molecule has 0 rings (SSSR count). The fourth-order valence-electron chi connectivity index (χ4n) is 0. The Labute approximate surface area is 40.5 Å². The molecule has 0 heterocycles. The summed E-state index contributed by atoms with van der Waals surface area (Å²) in [5.74, 6) is 0. The van der Waals surface area contributed by atoms with Crippen LogP contribution in [0.15, 0.2) is 0 Å². The van der Waals surface area contributed by atoms with Crippen molar-refractivity contribution in [1.29, 1.82) is 5.26 Å². The van der Waals surface area contributed by atoms with Gasteiger partial charge in [0, 0.05) is 28.6 Å². The van der Waals surface area contributed by atoms with E-state index in [0.29, 0.717) is 0 Å². The van der Waals surface area contributed by atoms with E-state index in [0.717, 1.165) is 0 Å². The van der Waals surface area contributed by atoms with Gasteiger partial charge in [0.1, 0.15) is 0 Å². The second-order valence-corrected chi connectivity index (χ2v) is 0.224. The topological polar surface area (TPSA) is 23.8 Å². The molecule has 0 aliphatic rings. The van der Waals surface area contributed by atoms with Gasteiger partial charge in [0.15, 0.2) is 0 Å². The number of nitriles is 1. The van der Waals surface area contributed by atoms with Gasteiger partial charge in [-0.1, -0.05) is 0 Å². The number of rotatable bonds is 0. The normalized spacial score (nSPS) is 2.00. The van der Waals surface area contributed by atoms with Gasteiger partial charge in [-0.15, -0.1) is 0 Å². The maximum absolute atomic E-state index is 7.32. The minimum absolute atomic E-state index is 0. The zero-order valence-corrected chi connectivity index (χ0v) is 4.01. The summed E-state index contributed by atoms with van der Waals surface area (Å²) in [5, 5.41) is 7.32. The van der Waals surface area contributed by atoms with Crippen LogP contribution in [-0.4, -0.2) is 0 Å². The van der Waals surface area contributed by atoms with E-state index in [-0.39, 0.29) is 21.7 Å². The van der Waals surface area contributed by atoms with Crippen molar-refractivity contribution in [2.24, 2.45) is 0 Å². The van der Waals surface area contributed by atoms with Gasteiger partial charge in [0.2, 0.25) is 0 Å². The third kappa shape index (κ3) is 76.6. The van der Waals surface area contributed by atoms with Crippen LogP contribution in [0.3, 0.4) is 0 Å². The van der Waals surface area contributed by atoms with Crippen molar-refractivity contribution in [3.63, 3.8) is 0 Å². The molecule has 0 aliphatic carbocycles. The van der Waals surface area contributed by atoms with Gasteiger partial charge in [-0.25, -0.2) is 0 Å². The number of hydrogen-bond acceptors (Lipinski definition) is 1. The molecule has 0 aromatic carbocycles. The molecule has 0 radical (unpaired) electrons. The Morgan fingerprint density at radius 3 is 1.75 bits per heavy atom. The molecule has 0 spiro atoms. The zero-order valence-electron chi connectivity index (χ0n) is 2.45. The minimum Gasteiger partial charge on any atom is -0.199 e. The van der Waals surface area contributed by atoms with E-state index in [1.54, 1.807) is 6.07 Å². The Bertz CT molecular complexity index is 27.5. The van der Waals surface area contributed by atoms with E-state index in [1.807, 2.05) is 0 Å². The second-order valence-electron chi connectivity index (χ2n) is 0.224. The molecule has 0 saturated carbocycles. The summed E-state index contributed by atoms with van der Waals surface area (Å²) in [5.41, 5.74) is 0. The van der Waals surface area contributed by atoms with Gasteiger partial charge >= 0.3 is 0 Å². The summed E-state index contributed by atoms with van der Waals surface area (Å²) in [6, 6.07) is 1.75. The standard InChI is InChI=1S/C2H3N.Ti/c1-2-3;/h1H3;. The third-order valence-electron chi connectivity index (χ3n) is 0. The van der Waals surface area contributed by atoms with Crippen LogP contribution in [0.25, 0.3) is 0 Å². The van der Waals surface area contributed by atoms with Gasteiger partial charge in [0.05, 0.1) is 6.07 Å². The molecule has 1 nitrogen and oxygen atoms in total. The summed E-state index contributed by atoms with van der Waals surface area (Å²) < 4.78 is 0. The predicted molar refractivity (Wildman–Crippen MR) is 11.3 cm³/mol. The fourth-order valence-corrected chi connectivity index (χ4v) is 0. The van der Waals surface area contributed by atoms with Crippen molar-refractivity contribution < 1.29 is 21.7 Å². The monoisotopic (exact) mass is 89.0 g/mol. The summed E-state index contributed by atoms with van der Waals surface area (Å²) >= 11 is 0. The van der Waals surface area contributed by atoms with Crippen LogP contribution < -0.4 is 0 Å². The van der Waals surface area contributed by atoms with Crippen molar-refractivity contribution >= 4 is 0 Å². The Kier molecular flexibility index (Phi) is 23.8. The largest absolute Gasteiger partial charge is 0.199 e. The van der Waals surface area contributed by atoms with Gasteiger partial charge in [-0.3, -0.25) is 0 Å². The van der Waals surface area contributed by atoms with Crippen LogP contribution in [0.1, 0.15) is 6.92 Å². The zero-order chi connectivity index (χ0) is 2.71. The smallest absolute Gasteiger partial charge is 0.0587 e. The maximum atomic E-state index is 7.32. The van der Waals surface area contributed by atoms with Crippen LogP contribution >= 0.6 is 0 Å². The first kappa shape index (κ1) is 8.88. The minimum atomic E-state index is 0. The van der Waals surface area contributed by atoms with E-state index in [9.17, 15) is 0 Å². The Balaban J connectivity index is 0. The van der Waals surface area contributed by atoms with Crippen LogP contribution in [-0.2, 0) is 21.7 Å². The molecule has 0 saturated heterocycles. The Morgan fingerprint density at radius 1 is 1.75 bits per heavy atom. The van der Waals surface area contributed by atoms with Crippen LogP contribution in [0, 0.1) is 11.3 Å². The number of hydrogen-bond donors (Lipinski definition) is 0. The fraction of sp³-hybridized carbons (Fsp3) is 0.500. The van der Waals surface area contributed by atoms with E-state index in [2.05, 4.69) is 0 Å². The Morgan fingerprint density at radius 2 is 1.75 bits per heavy atom. The molecule has 0 atom stereocenters. The summed E-state index contributed by atoms with van der Waals surface area (Å²) in [4.78, 5) is 0. The second kappa shape index (κ2) is 10.7. The average molecular weight is 88.9 g/mol. The van der Waals surface area contributed by atoms with Crippen molar-refractivity contribution in [3.05, 3.63) is 0 Å². The van der Waals surface area contributed by atoms with Gasteiger partial charge in [-0.05, 0) is 0 Å². The molecule has 0 bridgehead atoms. The molecule has 0 aliphatic heterocycles. The van der Waals surface area contributed by atoms with Crippen LogP contribution in [0.5, 0.6) is 0 Å². The molecule has 0 aromatic rings. The van der Waals surface area contributed by atoms with E-state index in [4.69, 9.17) is 5.26 Å². The van der Waals surface area contributed by atoms with Gasteiger partial charge in [0.25, 0.3) is 0 Å². The first-order chi connectivity index (χ1) is 1.41. The van der Waals surface area contributed by atoms with Gasteiger partial charge in [-0.2, -0.15) is 5.26 Å². The summed E-state index contributed by atoms with van der Waals surface area (Å²) in [6.07, 6.45) is 0. The maximum Gasteiger partial charge on any atom is 0.0587 e. The van der Waals surface area contributed by atoms with Crippen LogP contribution in [0.2, 0.25) is 0 Å². The Hall–Kier alpha value is 0.204. The molecular formula is C2H3NTi. The molecule has 0 fully saturated rings. The van der Waals surface area contributed by atoms with Crippen molar-refractivity contribution in [2.45, 2.75) is 6.92 Å². The van der Waals surface area contributed by atoms with Crippen molar-refractivity contribution in [2.75, 3.05) is 0 Å². The molecular weight excluding hydrogens is 85.9 g/mol. The molecule has 0 unspecified atom stereocenters. The molecule has 0 aromatic heterocycles. The van der Waals surface area contributed by atoms with E-state index in [1.165, 1.54) is 6.92 Å². The molecule has 20 valence electrons. The first-order valence-electron chi connectivity index (χ1n) is 0.724. The van der Waals surface area contributed by atoms with Crippen molar-refractivity contribution in [3.8, 4) is 6.07 Å². The molecule has 0 amide bonds. The predicted octanol–water partition coefficient (Wildman–Crippen LogP) is 0.527. The molecule has 4 heavy (non-hydrogen) atoms. The molecule has 2 heteroatoms. The van der Waals surface area contributed by atoms with E-state index >= 15 is 0 Å². The average Bonchev–Trinajstić information content (AvgIpc) is 0.918. The summed E-state index contributed by atoms with van der Waals surface area (Å²) in [7, 11) is 0. The first-order valence-corrected chi connectivity index (χ1v) is 0.724. The van der Waals surface area contributed by atoms with Crippen molar-refractivity contribution in [1.82, 2.24) is 0 Å². The van der Waals surface area contributed by atoms with Gasteiger partial charge < -0.3 is 0 Å². The number of nitrogens with zero attached hydrogens (tertiary/aromatic N) is 1. The third-order valence-corrected chi connectivity index (χ3v) is 0. The van der Waals surface area contributed by atoms with Crippen LogP contribution in [0.4, 0.5) is 0 Å².